The second kappa shape index (κ2) is 4.62. The molecular weight excluding hydrogens is 244 g/mol. The summed E-state index contributed by atoms with van der Waals surface area (Å²) in [5.41, 5.74) is -0.809. The Bertz CT molecular complexity index is 303. The fourth-order valence-electron chi connectivity index (χ4n) is 0.723. The maximum absolute atomic E-state index is 12.1. The third-order valence-electron chi connectivity index (χ3n) is 1.34. The molecule has 0 atom stereocenters. The van der Waals surface area contributed by atoms with Crippen molar-refractivity contribution in [3.63, 3.8) is 0 Å². The number of allylic oxidation sites excluding steroid dienone is 1. The summed E-state index contributed by atoms with van der Waals surface area (Å²) in [6, 6.07) is 0. The number of carbonyl (C=O) groups excluding carboxylic acids is 1. The molecule has 0 aliphatic heterocycles. The van der Waals surface area contributed by atoms with E-state index in [2.05, 4.69) is 10.5 Å². The highest BCUT2D eigenvalue weighted by molar-refractivity contribution is 5.90. The molecule has 16 heavy (non-hydrogen) atoms. The lowest BCUT2D eigenvalue weighted by Gasteiger charge is -2.15. The van der Waals surface area contributed by atoms with Crippen molar-refractivity contribution in [1.82, 2.24) is 0 Å². The Labute approximate surface area is 85.8 Å². The van der Waals surface area contributed by atoms with Gasteiger partial charge in [0.25, 0.3) is 0 Å². The summed E-state index contributed by atoms with van der Waals surface area (Å²) in [4.78, 5) is 10.7. The van der Waals surface area contributed by atoms with Crippen molar-refractivity contribution in [1.29, 1.82) is 0 Å². The summed E-state index contributed by atoms with van der Waals surface area (Å²) >= 11 is 0. The number of rotatable bonds is 2. The first-order valence-corrected chi connectivity index (χ1v) is 3.83. The first kappa shape index (κ1) is 14.6. The van der Waals surface area contributed by atoms with Crippen molar-refractivity contribution >= 4 is 5.97 Å². The van der Waals surface area contributed by atoms with Crippen LogP contribution in [0.3, 0.4) is 0 Å². The lowest BCUT2D eigenvalue weighted by atomic mass is 10.2. The van der Waals surface area contributed by atoms with Gasteiger partial charge >= 0.3 is 18.3 Å². The number of alkyl halides is 6. The first-order chi connectivity index (χ1) is 7.01. The summed E-state index contributed by atoms with van der Waals surface area (Å²) in [5.74, 6) is -2.15. The number of esters is 1. The Morgan fingerprint density at radius 3 is 1.81 bits per heavy atom. The van der Waals surface area contributed by atoms with Crippen LogP contribution < -0.4 is 5.73 Å². The normalized spacial score (nSPS) is 14.4. The summed E-state index contributed by atoms with van der Waals surface area (Å²) in [7, 11) is 0. The van der Waals surface area contributed by atoms with Crippen LogP contribution in [0, 0.1) is 0 Å². The van der Waals surface area contributed by atoms with Crippen LogP contribution >= 0.6 is 0 Å². The summed E-state index contributed by atoms with van der Waals surface area (Å²) in [6.07, 6.45) is -11.0. The summed E-state index contributed by atoms with van der Waals surface area (Å²) in [6.45, 7) is 0.652. The van der Waals surface area contributed by atoms with E-state index in [1.54, 1.807) is 0 Å². The topological polar surface area (TPSA) is 52.3 Å². The maximum atomic E-state index is 12.1. The van der Waals surface area contributed by atoms with Crippen LogP contribution in [-0.2, 0) is 9.53 Å². The molecule has 0 aromatic carbocycles. The number of nitrogens with two attached hydrogens (primary N) is 1. The molecule has 0 aromatic rings. The van der Waals surface area contributed by atoms with Gasteiger partial charge in [-0.2, -0.15) is 26.3 Å². The molecule has 0 aliphatic rings. The smallest absolute Gasteiger partial charge is 0.431 e. The van der Waals surface area contributed by atoms with Crippen LogP contribution in [0.1, 0.15) is 6.92 Å². The highest BCUT2D eigenvalue weighted by Gasteiger charge is 2.48. The van der Waals surface area contributed by atoms with Crippen LogP contribution in [0.25, 0.3) is 0 Å². The van der Waals surface area contributed by atoms with Crippen LogP contribution in [0.15, 0.2) is 11.3 Å². The monoisotopic (exact) mass is 251 g/mol. The molecule has 0 rings (SSSR count). The van der Waals surface area contributed by atoms with E-state index in [0.29, 0.717) is 0 Å². The van der Waals surface area contributed by atoms with Gasteiger partial charge in [-0.15, -0.1) is 0 Å². The molecule has 0 aromatic heterocycles. The number of hydrogen-bond donors (Lipinski definition) is 1. The predicted octanol–water partition coefficient (Wildman–Crippen LogP) is 1.89. The minimum absolute atomic E-state index is 0.496. The van der Waals surface area contributed by atoms with Crippen molar-refractivity contribution < 1.29 is 35.9 Å². The van der Waals surface area contributed by atoms with Gasteiger partial charge in [0.2, 0.25) is 0 Å². The summed E-state index contributed by atoms with van der Waals surface area (Å²) < 4.78 is 76.1. The second-order valence-electron chi connectivity index (χ2n) is 2.50. The average molecular weight is 251 g/mol. The molecule has 0 spiro atoms. The van der Waals surface area contributed by atoms with E-state index in [1.165, 1.54) is 0 Å². The molecule has 94 valence electrons. The molecule has 0 fully saturated rings. The van der Waals surface area contributed by atoms with Crippen molar-refractivity contribution in [2.75, 3.05) is 6.61 Å². The average Bonchev–Trinajstić information content (AvgIpc) is 1.99. The minimum atomic E-state index is -5.52. The fourth-order valence-corrected chi connectivity index (χ4v) is 0.723. The van der Waals surface area contributed by atoms with Gasteiger partial charge in [-0.1, -0.05) is 0 Å². The zero-order valence-corrected chi connectivity index (χ0v) is 7.87. The number of ether oxygens (including phenoxy) is 1. The zero-order valence-electron chi connectivity index (χ0n) is 7.87. The van der Waals surface area contributed by atoms with Gasteiger partial charge < -0.3 is 10.5 Å². The second-order valence-corrected chi connectivity index (χ2v) is 2.50. The Hall–Kier alpha value is -1.41. The Kier molecular flexibility index (Phi) is 4.21. The molecule has 0 heterocycles. The van der Waals surface area contributed by atoms with E-state index >= 15 is 0 Å². The quantitative estimate of drug-likeness (QED) is 0.463. The van der Waals surface area contributed by atoms with Crippen LogP contribution in [-0.4, -0.2) is 24.9 Å². The molecule has 2 N–H and O–H groups in total. The fraction of sp³-hybridized carbons (Fsp3) is 0.571. The molecule has 0 saturated heterocycles. The Morgan fingerprint density at radius 1 is 1.12 bits per heavy atom. The van der Waals surface area contributed by atoms with E-state index in [9.17, 15) is 31.1 Å². The van der Waals surface area contributed by atoms with Gasteiger partial charge in [-0.25, -0.2) is 4.79 Å². The van der Waals surface area contributed by atoms with Crippen LogP contribution in [0.2, 0.25) is 0 Å². The van der Waals surface area contributed by atoms with E-state index in [-0.39, 0.29) is 0 Å². The van der Waals surface area contributed by atoms with Gasteiger partial charge in [0.15, 0.2) is 5.57 Å². The molecule has 0 unspecified atom stereocenters. The van der Waals surface area contributed by atoms with Crippen LogP contribution in [0.5, 0.6) is 0 Å². The van der Waals surface area contributed by atoms with Crippen molar-refractivity contribution in [2.24, 2.45) is 5.73 Å². The zero-order chi connectivity index (χ0) is 13.1. The van der Waals surface area contributed by atoms with E-state index < -0.39 is 36.2 Å². The molecule has 0 bridgehead atoms. The van der Waals surface area contributed by atoms with E-state index in [0.717, 1.165) is 6.92 Å². The lowest BCUT2D eigenvalue weighted by Crippen LogP contribution is -2.32. The number of halogens is 6. The van der Waals surface area contributed by atoms with Gasteiger partial charge in [-0.3, -0.25) is 0 Å². The minimum Gasteiger partial charge on any atom is -0.462 e. The SMILES string of the molecule is CCOC(=O)/C(=C(\N)C(F)(F)F)C(F)(F)F. The highest BCUT2D eigenvalue weighted by Crippen LogP contribution is 2.34. The van der Waals surface area contributed by atoms with Crippen LogP contribution in [0.4, 0.5) is 26.3 Å². The lowest BCUT2D eigenvalue weighted by molar-refractivity contribution is -0.154. The molecule has 0 saturated carbocycles. The van der Waals surface area contributed by atoms with Gasteiger partial charge in [-0.05, 0) is 6.92 Å². The third-order valence-corrected chi connectivity index (χ3v) is 1.34. The molecular formula is C7H7F6NO2. The molecule has 0 amide bonds. The van der Waals surface area contributed by atoms with Crippen molar-refractivity contribution in [3.8, 4) is 0 Å². The molecule has 0 aliphatic carbocycles. The van der Waals surface area contributed by atoms with Gasteiger partial charge in [0, 0.05) is 0 Å². The van der Waals surface area contributed by atoms with Gasteiger partial charge in [0.1, 0.15) is 5.70 Å². The molecule has 9 heteroatoms. The molecule has 3 nitrogen and oxygen atoms in total. The molecule has 0 radical (unpaired) electrons. The predicted molar refractivity (Wildman–Crippen MR) is 40.0 cm³/mol. The number of carbonyl (C=O) groups is 1. The first-order valence-electron chi connectivity index (χ1n) is 3.83. The van der Waals surface area contributed by atoms with E-state index in [1.807, 2.05) is 0 Å². The van der Waals surface area contributed by atoms with E-state index in [4.69, 9.17) is 0 Å². The third kappa shape index (κ3) is 3.63. The van der Waals surface area contributed by atoms with Crippen molar-refractivity contribution in [3.05, 3.63) is 11.3 Å². The van der Waals surface area contributed by atoms with Crippen molar-refractivity contribution in [2.45, 2.75) is 19.3 Å². The summed E-state index contributed by atoms with van der Waals surface area (Å²) in [5, 5.41) is 0. The largest absolute Gasteiger partial charge is 0.462 e. The highest BCUT2D eigenvalue weighted by atomic mass is 19.4. The van der Waals surface area contributed by atoms with Gasteiger partial charge in [0.05, 0.1) is 6.61 Å². The maximum Gasteiger partial charge on any atom is 0.431 e. The number of hydrogen-bond acceptors (Lipinski definition) is 3. The Balaban J connectivity index is 5.52. The Morgan fingerprint density at radius 2 is 1.56 bits per heavy atom. The standard InChI is InChI=1S/C7H7F6NO2/c1-2-16-5(15)3(6(8,9)10)4(14)7(11,12)13/h2,14H2,1H3/b4-3+.